The molecule has 1 aliphatic heterocycles. The molecule has 1 atom stereocenters. The highest BCUT2D eigenvalue weighted by Gasteiger charge is 2.33. The van der Waals surface area contributed by atoms with Crippen LogP contribution in [0.2, 0.25) is 0 Å². The summed E-state index contributed by atoms with van der Waals surface area (Å²) in [5, 5.41) is 2.20. The van der Waals surface area contributed by atoms with Gasteiger partial charge in [0.05, 0.1) is 5.56 Å². The van der Waals surface area contributed by atoms with Gasteiger partial charge in [-0.3, -0.25) is 24.5 Å². The van der Waals surface area contributed by atoms with E-state index in [1.54, 1.807) is 6.07 Å². The number of amides is 3. The molecule has 2 rings (SSSR count). The SMILES string of the molecule is CN(C(=O)c1cc(OCCN)ccc1C=O)C1CCC(=O)NC1=O. The lowest BCUT2D eigenvalue weighted by Gasteiger charge is -2.30. The summed E-state index contributed by atoms with van der Waals surface area (Å²) in [6.45, 7) is 0.589. The summed E-state index contributed by atoms with van der Waals surface area (Å²) >= 11 is 0. The number of piperidine rings is 1. The van der Waals surface area contributed by atoms with E-state index in [2.05, 4.69) is 5.32 Å². The maximum absolute atomic E-state index is 12.7. The molecule has 3 amide bonds. The Balaban J connectivity index is 2.25. The molecule has 1 fully saturated rings. The summed E-state index contributed by atoms with van der Waals surface area (Å²) in [7, 11) is 1.46. The van der Waals surface area contributed by atoms with Gasteiger partial charge in [0.1, 0.15) is 18.4 Å². The average Bonchev–Trinajstić information content (AvgIpc) is 2.58. The van der Waals surface area contributed by atoms with Crippen molar-refractivity contribution in [2.24, 2.45) is 5.73 Å². The molecule has 1 aromatic carbocycles. The number of carbonyl (C=O) groups is 4. The van der Waals surface area contributed by atoms with E-state index in [9.17, 15) is 19.2 Å². The highest BCUT2D eigenvalue weighted by atomic mass is 16.5. The normalized spacial score (nSPS) is 17.2. The number of hydrogen-bond acceptors (Lipinski definition) is 6. The fourth-order valence-electron chi connectivity index (χ4n) is 2.47. The van der Waals surface area contributed by atoms with E-state index >= 15 is 0 Å². The molecule has 1 aromatic rings. The van der Waals surface area contributed by atoms with Gasteiger partial charge in [0.25, 0.3) is 5.91 Å². The van der Waals surface area contributed by atoms with Crippen LogP contribution >= 0.6 is 0 Å². The van der Waals surface area contributed by atoms with Gasteiger partial charge in [-0.2, -0.15) is 0 Å². The van der Waals surface area contributed by atoms with E-state index in [-0.39, 0.29) is 36.5 Å². The Morgan fingerprint density at radius 3 is 2.83 bits per heavy atom. The van der Waals surface area contributed by atoms with Crippen LogP contribution < -0.4 is 15.8 Å². The van der Waals surface area contributed by atoms with Gasteiger partial charge in [-0.1, -0.05) is 0 Å². The number of nitrogens with one attached hydrogen (secondary N) is 1. The minimum absolute atomic E-state index is 0.131. The Kier molecular flexibility index (Phi) is 5.64. The second-order valence-electron chi connectivity index (χ2n) is 5.39. The summed E-state index contributed by atoms with van der Waals surface area (Å²) in [5.74, 6) is -0.968. The third-order valence-corrected chi connectivity index (χ3v) is 3.77. The molecule has 0 saturated carbocycles. The number of nitrogens with two attached hydrogens (primary N) is 1. The van der Waals surface area contributed by atoms with Gasteiger partial charge in [-0.25, -0.2) is 0 Å². The Hall–Kier alpha value is -2.74. The zero-order valence-corrected chi connectivity index (χ0v) is 13.3. The summed E-state index contributed by atoms with van der Waals surface area (Å²) in [4.78, 5) is 48.3. The Morgan fingerprint density at radius 2 is 2.21 bits per heavy atom. The molecule has 0 aromatic heterocycles. The quantitative estimate of drug-likeness (QED) is 0.546. The maximum Gasteiger partial charge on any atom is 0.255 e. The van der Waals surface area contributed by atoms with Gasteiger partial charge in [0, 0.05) is 25.6 Å². The monoisotopic (exact) mass is 333 g/mol. The lowest BCUT2D eigenvalue weighted by Crippen LogP contribution is -2.53. The molecule has 3 N–H and O–H groups in total. The minimum Gasteiger partial charge on any atom is -0.492 e. The van der Waals surface area contributed by atoms with Crippen LogP contribution in [-0.2, 0) is 9.59 Å². The van der Waals surface area contributed by atoms with Gasteiger partial charge in [0.15, 0.2) is 6.29 Å². The molecule has 8 heteroatoms. The van der Waals surface area contributed by atoms with Crippen LogP contribution in [0.3, 0.4) is 0 Å². The first-order valence-electron chi connectivity index (χ1n) is 7.51. The first-order chi connectivity index (χ1) is 11.5. The van der Waals surface area contributed by atoms with Crippen LogP contribution in [0.4, 0.5) is 0 Å². The third kappa shape index (κ3) is 3.77. The Bertz CT molecular complexity index is 674. The predicted molar refractivity (Wildman–Crippen MR) is 84.6 cm³/mol. The number of nitrogens with zero attached hydrogens (tertiary/aromatic N) is 1. The van der Waals surface area contributed by atoms with Gasteiger partial charge < -0.3 is 15.4 Å². The minimum atomic E-state index is -0.761. The number of likely N-dealkylation sites (N-methyl/N-ethyl adjacent to an activating group) is 1. The van der Waals surface area contributed by atoms with Crippen molar-refractivity contribution >= 4 is 24.0 Å². The fraction of sp³-hybridized carbons (Fsp3) is 0.375. The Labute approximate surface area is 138 Å². The first kappa shape index (κ1) is 17.6. The van der Waals surface area contributed by atoms with Crippen molar-refractivity contribution in [1.29, 1.82) is 0 Å². The largest absolute Gasteiger partial charge is 0.492 e. The molecule has 24 heavy (non-hydrogen) atoms. The lowest BCUT2D eigenvalue weighted by molar-refractivity contribution is -0.136. The van der Waals surface area contributed by atoms with Crippen molar-refractivity contribution in [2.45, 2.75) is 18.9 Å². The van der Waals surface area contributed by atoms with Crippen molar-refractivity contribution < 1.29 is 23.9 Å². The molecule has 0 bridgehead atoms. The van der Waals surface area contributed by atoms with Crippen molar-refractivity contribution in [3.8, 4) is 5.75 Å². The van der Waals surface area contributed by atoms with E-state index in [1.807, 2.05) is 0 Å². The molecule has 1 saturated heterocycles. The zero-order valence-electron chi connectivity index (χ0n) is 13.3. The summed E-state index contributed by atoms with van der Waals surface area (Å²) < 4.78 is 5.37. The molecule has 8 nitrogen and oxygen atoms in total. The van der Waals surface area contributed by atoms with Crippen LogP contribution in [0.15, 0.2) is 18.2 Å². The van der Waals surface area contributed by atoms with E-state index < -0.39 is 17.9 Å². The van der Waals surface area contributed by atoms with Crippen molar-refractivity contribution in [3.05, 3.63) is 29.3 Å². The van der Waals surface area contributed by atoms with Crippen LogP contribution in [0.25, 0.3) is 0 Å². The topological polar surface area (TPSA) is 119 Å². The highest BCUT2D eigenvalue weighted by molar-refractivity contribution is 6.06. The van der Waals surface area contributed by atoms with Crippen LogP contribution in [0, 0.1) is 0 Å². The smallest absolute Gasteiger partial charge is 0.255 e. The van der Waals surface area contributed by atoms with Crippen LogP contribution in [0.5, 0.6) is 5.75 Å². The van der Waals surface area contributed by atoms with E-state index in [0.717, 1.165) is 0 Å². The molecule has 0 spiro atoms. The summed E-state index contributed by atoms with van der Waals surface area (Å²) in [6.07, 6.45) is 0.971. The summed E-state index contributed by atoms with van der Waals surface area (Å²) in [5.41, 5.74) is 5.70. The van der Waals surface area contributed by atoms with Gasteiger partial charge in [-0.15, -0.1) is 0 Å². The molecule has 1 heterocycles. The number of imide groups is 1. The molecule has 0 radical (unpaired) electrons. The summed E-state index contributed by atoms with van der Waals surface area (Å²) in [6, 6.07) is 3.74. The van der Waals surface area contributed by atoms with Gasteiger partial charge in [-0.05, 0) is 24.6 Å². The highest BCUT2D eigenvalue weighted by Crippen LogP contribution is 2.21. The van der Waals surface area contributed by atoms with Crippen LogP contribution in [-0.4, -0.2) is 55.1 Å². The molecule has 1 unspecified atom stereocenters. The van der Waals surface area contributed by atoms with Crippen molar-refractivity contribution in [2.75, 3.05) is 20.2 Å². The van der Waals surface area contributed by atoms with E-state index in [0.29, 0.717) is 18.6 Å². The van der Waals surface area contributed by atoms with E-state index in [1.165, 1.54) is 24.1 Å². The maximum atomic E-state index is 12.7. The predicted octanol–water partition coefficient (Wildman–Crippen LogP) is -0.286. The fourth-order valence-corrected chi connectivity index (χ4v) is 2.47. The van der Waals surface area contributed by atoms with Crippen molar-refractivity contribution in [3.63, 3.8) is 0 Å². The zero-order chi connectivity index (χ0) is 17.7. The molecule has 1 aliphatic rings. The number of aldehydes is 1. The van der Waals surface area contributed by atoms with Gasteiger partial charge >= 0.3 is 0 Å². The number of carbonyl (C=O) groups excluding carboxylic acids is 4. The standard InChI is InChI=1S/C16H19N3O5/c1-19(13-4-5-14(21)18-15(13)22)16(23)12-8-11(24-7-6-17)3-2-10(12)9-20/h2-3,8-9,13H,4-7,17H2,1H3,(H,18,21,22). The number of hydrogen-bond donors (Lipinski definition) is 2. The van der Waals surface area contributed by atoms with Gasteiger partial charge in [0.2, 0.25) is 11.8 Å². The molecular weight excluding hydrogens is 314 g/mol. The number of rotatable bonds is 6. The first-order valence-corrected chi connectivity index (χ1v) is 7.51. The third-order valence-electron chi connectivity index (χ3n) is 3.77. The van der Waals surface area contributed by atoms with E-state index in [4.69, 9.17) is 10.5 Å². The molecule has 0 aliphatic carbocycles. The second kappa shape index (κ2) is 7.69. The van der Waals surface area contributed by atoms with Crippen LogP contribution in [0.1, 0.15) is 33.6 Å². The number of ether oxygens (including phenoxy) is 1. The molecule has 128 valence electrons. The number of benzene rings is 1. The Morgan fingerprint density at radius 1 is 1.46 bits per heavy atom. The second-order valence-corrected chi connectivity index (χ2v) is 5.39. The van der Waals surface area contributed by atoms with Crippen molar-refractivity contribution in [1.82, 2.24) is 10.2 Å². The molecular formula is C16H19N3O5. The average molecular weight is 333 g/mol. The lowest BCUT2D eigenvalue weighted by atomic mass is 10.0.